The number of pyridine rings is 1. The summed E-state index contributed by atoms with van der Waals surface area (Å²) < 4.78 is 15.3. The Morgan fingerprint density at radius 3 is 2.80 bits per heavy atom. The van der Waals surface area contributed by atoms with Gasteiger partial charge in [-0.3, -0.25) is 9.78 Å². The van der Waals surface area contributed by atoms with E-state index in [-0.39, 0.29) is 5.97 Å². The zero-order valence-corrected chi connectivity index (χ0v) is 12.7. The predicted octanol–water partition coefficient (Wildman–Crippen LogP) is 1.22. The van der Waals surface area contributed by atoms with Crippen molar-refractivity contribution in [3.63, 3.8) is 0 Å². The van der Waals surface area contributed by atoms with Crippen LogP contribution in [0.1, 0.15) is 12.6 Å². The van der Waals surface area contributed by atoms with Crippen molar-refractivity contribution in [2.24, 2.45) is 5.73 Å². The van der Waals surface area contributed by atoms with E-state index in [2.05, 4.69) is 4.98 Å². The van der Waals surface area contributed by atoms with Gasteiger partial charge in [-0.05, 0) is 6.92 Å². The molecule has 0 aliphatic heterocycles. The minimum Gasteiger partial charge on any atom is -0.493 e. The highest BCUT2D eigenvalue weighted by atomic mass is 32.2. The second-order valence-electron chi connectivity index (χ2n) is 3.87. The van der Waals surface area contributed by atoms with Gasteiger partial charge in [0, 0.05) is 23.8 Å². The SMILES string of the molecule is CCOC(=O)C(N)CSCc1nccc(OC)c1OC. The summed E-state index contributed by atoms with van der Waals surface area (Å²) in [5, 5.41) is 0. The van der Waals surface area contributed by atoms with E-state index in [1.807, 2.05) is 0 Å². The van der Waals surface area contributed by atoms with E-state index in [9.17, 15) is 4.79 Å². The lowest BCUT2D eigenvalue weighted by molar-refractivity contribution is -0.144. The molecule has 7 heteroatoms. The molecule has 0 aromatic carbocycles. The molecular formula is C13H20N2O4S. The number of carbonyl (C=O) groups is 1. The summed E-state index contributed by atoms with van der Waals surface area (Å²) in [6.07, 6.45) is 1.66. The quantitative estimate of drug-likeness (QED) is 0.723. The van der Waals surface area contributed by atoms with Crippen LogP contribution in [0.25, 0.3) is 0 Å². The van der Waals surface area contributed by atoms with Crippen LogP contribution >= 0.6 is 11.8 Å². The molecule has 1 unspecified atom stereocenters. The van der Waals surface area contributed by atoms with E-state index in [1.54, 1.807) is 33.4 Å². The van der Waals surface area contributed by atoms with Crippen molar-refractivity contribution >= 4 is 17.7 Å². The average molecular weight is 300 g/mol. The van der Waals surface area contributed by atoms with Crippen LogP contribution < -0.4 is 15.2 Å². The largest absolute Gasteiger partial charge is 0.493 e. The summed E-state index contributed by atoms with van der Waals surface area (Å²) in [4.78, 5) is 15.6. The van der Waals surface area contributed by atoms with Crippen LogP contribution in [0.4, 0.5) is 0 Å². The highest BCUT2D eigenvalue weighted by molar-refractivity contribution is 7.98. The van der Waals surface area contributed by atoms with Crippen molar-refractivity contribution in [1.29, 1.82) is 0 Å². The molecule has 0 fully saturated rings. The minimum absolute atomic E-state index is 0.336. The lowest BCUT2D eigenvalue weighted by Crippen LogP contribution is -2.34. The van der Waals surface area contributed by atoms with Crippen molar-refractivity contribution in [2.75, 3.05) is 26.6 Å². The van der Waals surface area contributed by atoms with Gasteiger partial charge >= 0.3 is 5.97 Å². The fourth-order valence-electron chi connectivity index (χ4n) is 1.55. The molecule has 6 nitrogen and oxygen atoms in total. The van der Waals surface area contributed by atoms with Crippen LogP contribution in [-0.2, 0) is 15.3 Å². The van der Waals surface area contributed by atoms with Crippen LogP contribution in [0.3, 0.4) is 0 Å². The van der Waals surface area contributed by atoms with Crippen LogP contribution in [0.15, 0.2) is 12.3 Å². The van der Waals surface area contributed by atoms with Crippen molar-refractivity contribution in [2.45, 2.75) is 18.7 Å². The zero-order valence-electron chi connectivity index (χ0n) is 11.9. The Kier molecular flexibility index (Phi) is 7.17. The number of carbonyl (C=O) groups excluding carboxylic acids is 1. The molecule has 0 amide bonds. The molecule has 1 atom stereocenters. The van der Waals surface area contributed by atoms with E-state index >= 15 is 0 Å². The maximum absolute atomic E-state index is 11.4. The van der Waals surface area contributed by atoms with E-state index in [0.29, 0.717) is 29.6 Å². The van der Waals surface area contributed by atoms with Gasteiger partial charge in [-0.1, -0.05) is 0 Å². The monoisotopic (exact) mass is 300 g/mol. The fourth-order valence-corrected chi connectivity index (χ4v) is 2.46. The van der Waals surface area contributed by atoms with Gasteiger partial charge in [0.2, 0.25) is 0 Å². The molecule has 20 heavy (non-hydrogen) atoms. The Morgan fingerprint density at radius 2 is 2.20 bits per heavy atom. The zero-order chi connectivity index (χ0) is 15.0. The molecule has 1 aromatic rings. The van der Waals surface area contributed by atoms with E-state index in [4.69, 9.17) is 19.9 Å². The van der Waals surface area contributed by atoms with Gasteiger partial charge in [0.25, 0.3) is 0 Å². The van der Waals surface area contributed by atoms with Gasteiger partial charge in [0.1, 0.15) is 6.04 Å². The van der Waals surface area contributed by atoms with Crippen molar-refractivity contribution in [1.82, 2.24) is 4.98 Å². The second-order valence-corrected chi connectivity index (χ2v) is 4.90. The van der Waals surface area contributed by atoms with E-state index < -0.39 is 6.04 Å². The third-order valence-corrected chi connectivity index (χ3v) is 3.56. The van der Waals surface area contributed by atoms with Gasteiger partial charge in [0.05, 0.1) is 26.5 Å². The molecule has 1 aromatic heterocycles. The van der Waals surface area contributed by atoms with Crippen molar-refractivity contribution in [3.8, 4) is 11.5 Å². The van der Waals surface area contributed by atoms with E-state index in [0.717, 1.165) is 5.69 Å². The van der Waals surface area contributed by atoms with Gasteiger partial charge in [-0.2, -0.15) is 11.8 Å². The molecule has 112 valence electrons. The average Bonchev–Trinajstić information content (AvgIpc) is 2.46. The molecule has 0 saturated carbocycles. The van der Waals surface area contributed by atoms with Gasteiger partial charge in [-0.15, -0.1) is 0 Å². The number of hydrogen-bond donors (Lipinski definition) is 1. The van der Waals surface area contributed by atoms with Crippen LogP contribution in [0.2, 0.25) is 0 Å². The Hall–Kier alpha value is -1.47. The van der Waals surface area contributed by atoms with Crippen LogP contribution in [0, 0.1) is 0 Å². The van der Waals surface area contributed by atoms with Crippen molar-refractivity contribution < 1.29 is 19.0 Å². The molecular weight excluding hydrogens is 280 g/mol. The molecule has 1 heterocycles. The third kappa shape index (κ3) is 4.57. The highest BCUT2D eigenvalue weighted by Crippen LogP contribution is 2.31. The standard InChI is InChI=1S/C13H20N2O4S/c1-4-19-13(16)9(14)7-20-8-10-12(18-3)11(17-2)5-6-15-10/h5-6,9H,4,7-8,14H2,1-3H3. The topological polar surface area (TPSA) is 83.7 Å². The van der Waals surface area contributed by atoms with Gasteiger partial charge in [0.15, 0.2) is 11.5 Å². The molecule has 0 aliphatic carbocycles. The summed E-state index contributed by atoms with van der Waals surface area (Å²) in [5.41, 5.74) is 6.48. The first-order valence-corrected chi connectivity index (χ1v) is 7.35. The number of nitrogens with two attached hydrogens (primary N) is 1. The smallest absolute Gasteiger partial charge is 0.323 e. The summed E-state index contributed by atoms with van der Waals surface area (Å²) in [6.45, 7) is 2.09. The first kappa shape index (κ1) is 16.6. The minimum atomic E-state index is -0.628. The first-order valence-electron chi connectivity index (χ1n) is 6.19. The number of ether oxygens (including phenoxy) is 3. The Morgan fingerprint density at radius 1 is 1.45 bits per heavy atom. The van der Waals surface area contributed by atoms with Crippen LogP contribution in [-0.4, -0.2) is 43.6 Å². The number of hydrogen-bond acceptors (Lipinski definition) is 7. The number of rotatable bonds is 8. The summed E-state index contributed by atoms with van der Waals surface area (Å²) in [6, 6.07) is 1.11. The summed E-state index contributed by atoms with van der Waals surface area (Å²) in [7, 11) is 3.14. The van der Waals surface area contributed by atoms with E-state index in [1.165, 1.54) is 11.8 Å². The number of methoxy groups -OCH3 is 2. The Balaban J connectivity index is 2.56. The number of thioether (sulfide) groups is 1. The maximum Gasteiger partial charge on any atom is 0.323 e. The third-order valence-electron chi connectivity index (χ3n) is 2.49. The molecule has 0 aliphatic rings. The van der Waals surface area contributed by atoms with Crippen LogP contribution in [0.5, 0.6) is 11.5 Å². The van der Waals surface area contributed by atoms with Gasteiger partial charge in [-0.25, -0.2) is 0 Å². The van der Waals surface area contributed by atoms with Gasteiger partial charge < -0.3 is 19.9 Å². The molecule has 0 spiro atoms. The predicted molar refractivity (Wildman–Crippen MR) is 78.1 cm³/mol. The molecule has 1 rings (SSSR count). The first-order chi connectivity index (χ1) is 9.63. The summed E-state index contributed by atoms with van der Waals surface area (Å²) >= 11 is 1.49. The number of nitrogens with zero attached hydrogens (tertiary/aromatic N) is 1. The molecule has 0 bridgehead atoms. The summed E-state index contributed by atoms with van der Waals surface area (Å²) in [5.74, 6) is 1.89. The molecule has 0 saturated heterocycles. The Bertz CT molecular complexity index is 442. The second kappa shape index (κ2) is 8.65. The normalized spacial score (nSPS) is 11.8. The molecule has 2 N–H and O–H groups in total. The van der Waals surface area contributed by atoms with Crippen molar-refractivity contribution in [3.05, 3.63) is 18.0 Å². The molecule has 0 radical (unpaired) electrons. The lowest BCUT2D eigenvalue weighted by atomic mass is 10.3. The number of aromatic nitrogens is 1. The lowest BCUT2D eigenvalue weighted by Gasteiger charge is -2.12. The maximum atomic E-state index is 11.4. The number of esters is 1. The highest BCUT2D eigenvalue weighted by Gasteiger charge is 2.16. The Labute approximate surface area is 123 Å². The fraction of sp³-hybridized carbons (Fsp3) is 0.538.